The van der Waals surface area contributed by atoms with Crippen LogP contribution in [0.25, 0.3) is 22.2 Å². The standard InChI is InChI=1S/C16H11N3O2/c1-21-16(20)11-4-5-18-15(7-11)10-2-3-14-13(6-10)12(8-17)9-19-14/h2-7,9,19H,1H3. The Kier molecular flexibility index (Phi) is 3.13. The fourth-order valence-electron chi connectivity index (χ4n) is 2.21. The minimum absolute atomic E-state index is 0.404. The lowest BCUT2D eigenvalue weighted by atomic mass is 10.1. The van der Waals surface area contributed by atoms with Gasteiger partial charge in [0.2, 0.25) is 0 Å². The van der Waals surface area contributed by atoms with Crippen molar-refractivity contribution in [2.75, 3.05) is 7.11 Å². The van der Waals surface area contributed by atoms with Gasteiger partial charge in [0, 0.05) is 28.9 Å². The van der Waals surface area contributed by atoms with Gasteiger partial charge in [-0.15, -0.1) is 0 Å². The summed E-state index contributed by atoms with van der Waals surface area (Å²) in [5, 5.41) is 9.92. The molecule has 3 rings (SSSR count). The summed E-state index contributed by atoms with van der Waals surface area (Å²) in [6.07, 6.45) is 3.24. The predicted molar refractivity (Wildman–Crippen MR) is 77.6 cm³/mol. The fraction of sp³-hybridized carbons (Fsp3) is 0.0625. The first-order valence-corrected chi connectivity index (χ1v) is 6.29. The molecule has 0 aliphatic carbocycles. The van der Waals surface area contributed by atoms with Gasteiger partial charge in [-0.2, -0.15) is 5.26 Å². The second-order valence-electron chi connectivity index (χ2n) is 4.50. The van der Waals surface area contributed by atoms with E-state index in [-0.39, 0.29) is 0 Å². The number of nitriles is 1. The third-order valence-corrected chi connectivity index (χ3v) is 3.28. The van der Waals surface area contributed by atoms with Crippen molar-refractivity contribution >= 4 is 16.9 Å². The third kappa shape index (κ3) is 2.23. The van der Waals surface area contributed by atoms with Crippen LogP contribution in [0.5, 0.6) is 0 Å². The first kappa shape index (κ1) is 12.9. The van der Waals surface area contributed by atoms with E-state index in [1.54, 1.807) is 24.5 Å². The maximum Gasteiger partial charge on any atom is 0.337 e. The average Bonchev–Trinajstić information content (AvgIpc) is 2.96. The van der Waals surface area contributed by atoms with Crippen molar-refractivity contribution in [2.24, 2.45) is 0 Å². The molecular weight excluding hydrogens is 266 g/mol. The summed E-state index contributed by atoms with van der Waals surface area (Å²) >= 11 is 0. The third-order valence-electron chi connectivity index (χ3n) is 3.28. The number of hydrogen-bond donors (Lipinski definition) is 1. The van der Waals surface area contributed by atoms with Gasteiger partial charge in [0.15, 0.2) is 0 Å². The molecule has 3 aromatic rings. The highest BCUT2D eigenvalue weighted by Gasteiger charge is 2.10. The number of nitrogens with one attached hydrogen (secondary N) is 1. The molecule has 5 heteroatoms. The molecule has 21 heavy (non-hydrogen) atoms. The number of H-pyrrole nitrogens is 1. The number of benzene rings is 1. The predicted octanol–water partition coefficient (Wildman–Crippen LogP) is 2.89. The number of hydrogen-bond acceptors (Lipinski definition) is 4. The van der Waals surface area contributed by atoms with Crippen molar-refractivity contribution in [3.63, 3.8) is 0 Å². The Labute approximate surface area is 120 Å². The van der Waals surface area contributed by atoms with E-state index >= 15 is 0 Å². The first-order valence-electron chi connectivity index (χ1n) is 6.29. The molecule has 0 saturated carbocycles. The molecule has 0 amide bonds. The largest absolute Gasteiger partial charge is 0.465 e. The van der Waals surface area contributed by atoms with Gasteiger partial charge in [0.1, 0.15) is 6.07 Å². The molecule has 0 spiro atoms. The highest BCUT2D eigenvalue weighted by Crippen LogP contribution is 2.25. The van der Waals surface area contributed by atoms with Gasteiger partial charge in [0.25, 0.3) is 0 Å². The van der Waals surface area contributed by atoms with Crippen LogP contribution in [0, 0.1) is 11.3 Å². The fourth-order valence-corrected chi connectivity index (χ4v) is 2.21. The lowest BCUT2D eigenvalue weighted by Gasteiger charge is -2.04. The summed E-state index contributed by atoms with van der Waals surface area (Å²) in [5.74, 6) is -0.404. The van der Waals surface area contributed by atoms with E-state index in [0.29, 0.717) is 16.8 Å². The van der Waals surface area contributed by atoms with Crippen molar-refractivity contribution in [1.29, 1.82) is 5.26 Å². The minimum Gasteiger partial charge on any atom is -0.465 e. The minimum atomic E-state index is -0.404. The topological polar surface area (TPSA) is 78.8 Å². The molecule has 0 aliphatic rings. The number of nitrogens with zero attached hydrogens (tertiary/aromatic N) is 2. The van der Waals surface area contributed by atoms with E-state index < -0.39 is 5.97 Å². The van der Waals surface area contributed by atoms with Crippen molar-refractivity contribution < 1.29 is 9.53 Å². The Hall–Kier alpha value is -3.13. The van der Waals surface area contributed by atoms with Gasteiger partial charge in [-0.25, -0.2) is 4.79 Å². The maximum absolute atomic E-state index is 11.6. The van der Waals surface area contributed by atoms with Gasteiger partial charge >= 0.3 is 5.97 Å². The van der Waals surface area contributed by atoms with Gasteiger partial charge in [0.05, 0.1) is 23.9 Å². The highest BCUT2D eigenvalue weighted by atomic mass is 16.5. The van der Waals surface area contributed by atoms with Crippen LogP contribution in [-0.4, -0.2) is 23.0 Å². The summed E-state index contributed by atoms with van der Waals surface area (Å²) in [7, 11) is 1.34. The number of aromatic amines is 1. The summed E-state index contributed by atoms with van der Waals surface area (Å²) in [6.45, 7) is 0. The summed E-state index contributed by atoms with van der Waals surface area (Å²) in [5.41, 5.74) is 3.40. The Morgan fingerprint density at radius 2 is 2.19 bits per heavy atom. The molecule has 0 saturated heterocycles. The molecule has 102 valence electrons. The number of fused-ring (bicyclic) bond motifs is 1. The van der Waals surface area contributed by atoms with Crippen molar-refractivity contribution in [1.82, 2.24) is 9.97 Å². The number of rotatable bonds is 2. The smallest absolute Gasteiger partial charge is 0.337 e. The van der Waals surface area contributed by atoms with E-state index in [1.807, 2.05) is 18.2 Å². The molecule has 0 aliphatic heterocycles. The van der Waals surface area contributed by atoms with Gasteiger partial charge in [-0.05, 0) is 24.3 Å². The van der Waals surface area contributed by atoms with Crippen LogP contribution in [0.4, 0.5) is 0 Å². The Morgan fingerprint density at radius 1 is 1.33 bits per heavy atom. The van der Waals surface area contributed by atoms with Crippen LogP contribution in [0.1, 0.15) is 15.9 Å². The van der Waals surface area contributed by atoms with Crippen LogP contribution in [0.2, 0.25) is 0 Å². The number of methoxy groups -OCH3 is 1. The molecule has 0 unspecified atom stereocenters. The zero-order chi connectivity index (χ0) is 14.8. The molecule has 0 fully saturated rings. The van der Waals surface area contributed by atoms with Crippen LogP contribution in [-0.2, 0) is 4.74 Å². The van der Waals surface area contributed by atoms with Crippen molar-refractivity contribution in [3.05, 3.63) is 53.9 Å². The average molecular weight is 277 g/mol. The SMILES string of the molecule is COC(=O)c1ccnc(-c2ccc3[nH]cc(C#N)c3c2)c1. The van der Waals surface area contributed by atoms with Crippen LogP contribution in [0.15, 0.2) is 42.7 Å². The van der Waals surface area contributed by atoms with E-state index in [2.05, 4.69) is 16.0 Å². The molecule has 0 bridgehead atoms. The van der Waals surface area contributed by atoms with Gasteiger partial charge in [-0.1, -0.05) is 6.07 Å². The summed E-state index contributed by atoms with van der Waals surface area (Å²) in [6, 6.07) is 11.1. The number of carbonyl (C=O) groups is 1. The lowest BCUT2D eigenvalue weighted by Crippen LogP contribution is -2.01. The number of carbonyl (C=O) groups excluding carboxylic acids is 1. The number of esters is 1. The molecule has 0 radical (unpaired) electrons. The lowest BCUT2D eigenvalue weighted by molar-refractivity contribution is 0.0600. The molecule has 1 N–H and O–H groups in total. The summed E-state index contributed by atoms with van der Waals surface area (Å²) < 4.78 is 4.71. The Morgan fingerprint density at radius 3 is 2.95 bits per heavy atom. The maximum atomic E-state index is 11.6. The number of aromatic nitrogens is 2. The second-order valence-corrected chi connectivity index (χ2v) is 4.50. The van der Waals surface area contributed by atoms with E-state index in [0.717, 1.165) is 16.5 Å². The van der Waals surface area contributed by atoms with Crippen LogP contribution >= 0.6 is 0 Å². The number of ether oxygens (including phenoxy) is 1. The Balaban J connectivity index is 2.12. The molecule has 2 heterocycles. The zero-order valence-corrected chi connectivity index (χ0v) is 11.3. The second kappa shape index (κ2) is 5.10. The first-order chi connectivity index (χ1) is 10.2. The monoisotopic (exact) mass is 277 g/mol. The molecule has 1 aromatic carbocycles. The highest BCUT2D eigenvalue weighted by molar-refractivity contribution is 5.92. The normalized spacial score (nSPS) is 10.3. The van der Waals surface area contributed by atoms with Crippen molar-refractivity contribution in [3.8, 4) is 17.3 Å². The molecular formula is C16H11N3O2. The van der Waals surface area contributed by atoms with Gasteiger partial charge in [-0.3, -0.25) is 4.98 Å². The van der Waals surface area contributed by atoms with Crippen molar-refractivity contribution in [2.45, 2.75) is 0 Å². The Bertz CT molecular complexity index is 875. The summed E-state index contributed by atoms with van der Waals surface area (Å²) in [4.78, 5) is 18.9. The van der Waals surface area contributed by atoms with Crippen LogP contribution < -0.4 is 0 Å². The number of pyridine rings is 1. The van der Waals surface area contributed by atoms with E-state index in [1.165, 1.54) is 7.11 Å². The van der Waals surface area contributed by atoms with E-state index in [4.69, 9.17) is 10.00 Å². The molecule has 5 nitrogen and oxygen atoms in total. The van der Waals surface area contributed by atoms with E-state index in [9.17, 15) is 4.79 Å². The zero-order valence-electron chi connectivity index (χ0n) is 11.3. The molecule has 0 atom stereocenters. The van der Waals surface area contributed by atoms with Crippen LogP contribution in [0.3, 0.4) is 0 Å². The molecule has 2 aromatic heterocycles. The quantitative estimate of drug-likeness (QED) is 0.730. The van der Waals surface area contributed by atoms with Gasteiger partial charge < -0.3 is 9.72 Å².